The van der Waals surface area contributed by atoms with Gasteiger partial charge >= 0.3 is 0 Å². The van der Waals surface area contributed by atoms with Crippen molar-refractivity contribution in [1.29, 1.82) is 0 Å². The maximum absolute atomic E-state index is 14.1. The Morgan fingerprint density at radius 3 is 2.14 bits per heavy atom. The number of benzene rings is 1. The van der Waals surface area contributed by atoms with Crippen molar-refractivity contribution < 1.29 is 34.1 Å². The van der Waals surface area contributed by atoms with Gasteiger partial charge in [-0.05, 0) is 44.2 Å². The number of carbonyl (C=O) groups excluding carboxylic acids is 3. The molecule has 51 heavy (non-hydrogen) atoms. The van der Waals surface area contributed by atoms with Crippen LogP contribution in [0.15, 0.2) is 35.3 Å². The van der Waals surface area contributed by atoms with Crippen molar-refractivity contribution in [2.45, 2.75) is 130 Å². The van der Waals surface area contributed by atoms with Gasteiger partial charge < -0.3 is 35.2 Å². The Kier molecular flexibility index (Phi) is 18.2. The van der Waals surface area contributed by atoms with Gasteiger partial charge in [-0.3, -0.25) is 24.3 Å². The van der Waals surface area contributed by atoms with Crippen molar-refractivity contribution in [3.05, 3.63) is 35.9 Å². The summed E-state index contributed by atoms with van der Waals surface area (Å²) in [5.41, 5.74) is 1.13. The van der Waals surface area contributed by atoms with Gasteiger partial charge in [-0.15, -0.1) is 0 Å². The maximum atomic E-state index is 14.1. The molecule has 1 aromatic rings. The third-order valence-corrected chi connectivity index (χ3v) is 10.7. The number of rotatable bonds is 20. The standard InChI is InChI=1S/C39H67N5O7/c1-13-25(6)34(43(10)39(49)33(24(4)5)42-38(48)32(40-9)23(2)3)30(50-11)22-31(45)44-21-17-20-29(44)36(51-12)26(7)37(47)41-27(8)35(46)28-18-15-14-16-19-28/h14-16,18-19,23-27,29-30,33-36,39,46,49H,13,17,20-22H2,1-12H3,(H,41,47)(H,42,48)/t25-,26+,27+,29?,30?,33-,34-,35+,36+,39?/m0/s1. The summed E-state index contributed by atoms with van der Waals surface area (Å²) in [6.07, 6.45) is -0.771. The fourth-order valence-electron chi connectivity index (χ4n) is 7.43. The number of amides is 3. The number of hydrogen-bond donors (Lipinski definition) is 4. The highest BCUT2D eigenvalue weighted by atomic mass is 16.5. The van der Waals surface area contributed by atoms with E-state index in [1.807, 2.05) is 74.9 Å². The Balaban J connectivity index is 2.24. The van der Waals surface area contributed by atoms with Gasteiger partial charge in [0, 0.05) is 39.8 Å². The third kappa shape index (κ3) is 11.5. The Labute approximate surface area is 306 Å². The SMILES string of the molecule is CC[C@H](C)[C@@H](C(CC(=O)N1CCCC1[C@H](OC)[C@@H](C)C(=O)N[C@H](C)[C@@H](O)c1ccccc1)OC)N(C)C(O)[C@@H](NC(=O)C(=NC)C(C)C)C(C)C. The molecule has 2 rings (SSSR count). The van der Waals surface area contributed by atoms with Gasteiger partial charge in [0.25, 0.3) is 5.91 Å². The molecule has 0 aliphatic carbocycles. The maximum Gasteiger partial charge on any atom is 0.265 e. The number of ether oxygens (including phenoxy) is 2. The van der Waals surface area contributed by atoms with Crippen LogP contribution in [0.5, 0.6) is 0 Å². The van der Waals surface area contributed by atoms with Crippen LogP contribution in [0.25, 0.3) is 0 Å². The Morgan fingerprint density at radius 1 is 1.00 bits per heavy atom. The van der Waals surface area contributed by atoms with Crippen LogP contribution >= 0.6 is 0 Å². The molecule has 1 fully saturated rings. The highest BCUT2D eigenvalue weighted by Crippen LogP contribution is 2.30. The average Bonchev–Trinajstić information content (AvgIpc) is 3.59. The smallest absolute Gasteiger partial charge is 0.265 e. The minimum absolute atomic E-state index is 0.0346. The third-order valence-electron chi connectivity index (χ3n) is 10.7. The number of methoxy groups -OCH3 is 2. The molecule has 1 saturated heterocycles. The molecule has 3 amide bonds. The molecule has 3 unspecified atom stereocenters. The van der Waals surface area contributed by atoms with Crippen molar-refractivity contribution in [2.75, 3.05) is 34.9 Å². The van der Waals surface area contributed by atoms with E-state index >= 15 is 0 Å². The molecule has 10 atom stereocenters. The molecule has 1 aliphatic heterocycles. The molecule has 290 valence electrons. The first-order valence-corrected chi connectivity index (χ1v) is 18.6. The number of carbonyl (C=O) groups is 3. The van der Waals surface area contributed by atoms with E-state index in [1.165, 1.54) is 0 Å². The molecule has 0 bridgehead atoms. The van der Waals surface area contributed by atoms with Crippen LogP contribution in [0.3, 0.4) is 0 Å². The van der Waals surface area contributed by atoms with Crippen molar-refractivity contribution in [3.8, 4) is 0 Å². The van der Waals surface area contributed by atoms with Gasteiger partial charge in [0.15, 0.2) is 0 Å². The molecule has 4 N–H and O–H groups in total. The van der Waals surface area contributed by atoms with Crippen molar-refractivity contribution in [2.24, 2.45) is 28.7 Å². The molecular weight excluding hydrogens is 650 g/mol. The van der Waals surface area contributed by atoms with Crippen LogP contribution in [0.1, 0.15) is 92.7 Å². The minimum Gasteiger partial charge on any atom is -0.386 e. The van der Waals surface area contributed by atoms with Crippen molar-refractivity contribution >= 4 is 23.4 Å². The normalized spacial score (nSPS) is 20.8. The van der Waals surface area contributed by atoms with Gasteiger partial charge in [-0.1, -0.05) is 85.2 Å². The summed E-state index contributed by atoms with van der Waals surface area (Å²) in [7, 11) is 6.55. The molecule has 0 saturated carbocycles. The minimum atomic E-state index is -1.06. The molecule has 12 heteroatoms. The molecule has 12 nitrogen and oxygen atoms in total. The first-order valence-electron chi connectivity index (χ1n) is 18.6. The monoisotopic (exact) mass is 718 g/mol. The van der Waals surface area contributed by atoms with Crippen LogP contribution in [0, 0.1) is 23.7 Å². The highest BCUT2D eigenvalue weighted by molar-refractivity contribution is 6.39. The number of likely N-dealkylation sites (N-methyl/N-ethyl adjacent to an activating group) is 1. The molecular formula is C39H67N5O7. The van der Waals surface area contributed by atoms with Crippen LogP contribution in [-0.4, -0.2) is 121 Å². The number of nitrogens with zero attached hydrogens (tertiary/aromatic N) is 3. The molecule has 1 heterocycles. The van der Waals surface area contributed by atoms with Gasteiger partial charge in [0.1, 0.15) is 11.9 Å². The van der Waals surface area contributed by atoms with Crippen LogP contribution in [0.2, 0.25) is 0 Å². The lowest BCUT2D eigenvalue weighted by molar-refractivity contribution is -0.145. The summed E-state index contributed by atoms with van der Waals surface area (Å²) in [6, 6.07) is 7.38. The molecule has 0 aromatic heterocycles. The summed E-state index contributed by atoms with van der Waals surface area (Å²) in [5.74, 6) is -1.42. The number of aliphatic hydroxyl groups excluding tert-OH is 2. The summed E-state index contributed by atoms with van der Waals surface area (Å²) in [6.45, 7) is 15.9. The lowest BCUT2D eigenvalue weighted by Gasteiger charge is -2.43. The van der Waals surface area contributed by atoms with Gasteiger partial charge in [0.2, 0.25) is 11.8 Å². The quantitative estimate of drug-likeness (QED) is 0.117. The topological polar surface area (TPSA) is 153 Å². The second-order valence-corrected chi connectivity index (χ2v) is 14.9. The number of likely N-dealkylation sites (tertiary alicyclic amines) is 1. The summed E-state index contributed by atoms with van der Waals surface area (Å²) in [5, 5.41) is 28.5. The van der Waals surface area contributed by atoms with E-state index in [2.05, 4.69) is 29.5 Å². The zero-order valence-corrected chi connectivity index (χ0v) is 33.1. The Morgan fingerprint density at radius 2 is 1.63 bits per heavy atom. The predicted octanol–water partition coefficient (Wildman–Crippen LogP) is 3.80. The average molecular weight is 718 g/mol. The van der Waals surface area contributed by atoms with E-state index in [-0.39, 0.29) is 54.0 Å². The lowest BCUT2D eigenvalue weighted by Crippen LogP contribution is -2.60. The van der Waals surface area contributed by atoms with E-state index in [0.717, 1.165) is 12.8 Å². The Hall–Kier alpha value is -2.90. The number of aliphatic imine (C=N–C) groups is 1. The lowest BCUT2D eigenvalue weighted by atomic mass is 9.89. The molecule has 0 spiro atoms. The van der Waals surface area contributed by atoms with Gasteiger partial charge in [-0.2, -0.15) is 0 Å². The van der Waals surface area contributed by atoms with Crippen molar-refractivity contribution in [3.63, 3.8) is 0 Å². The molecule has 1 aliphatic rings. The number of hydrogen-bond acceptors (Lipinski definition) is 9. The van der Waals surface area contributed by atoms with E-state index < -0.39 is 42.5 Å². The van der Waals surface area contributed by atoms with E-state index in [4.69, 9.17) is 9.47 Å². The van der Waals surface area contributed by atoms with Crippen LogP contribution in [0.4, 0.5) is 0 Å². The van der Waals surface area contributed by atoms with Crippen LogP contribution in [-0.2, 0) is 23.9 Å². The highest BCUT2D eigenvalue weighted by Gasteiger charge is 2.43. The number of nitrogens with one attached hydrogen (secondary N) is 2. The second kappa shape index (κ2) is 21.0. The zero-order chi connectivity index (χ0) is 38.6. The zero-order valence-electron chi connectivity index (χ0n) is 33.1. The van der Waals surface area contributed by atoms with E-state index in [0.29, 0.717) is 24.2 Å². The Bertz CT molecular complexity index is 1260. The van der Waals surface area contributed by atoms with E-state index in [9.17, 15) is 24.6 Å². The van der Waals surface area contributed by atoms with E-state index in [1.54, 1.807) is 35.1 Å². The van der Waals surface area contributed by atoms with Gasteiger partial charge in [0.05, 0.1) is 48.8 Å². The van der Waals surface area contributed by atoms with Gasteiger partial charge in [-0.25, -0.2) is 0 Å². The summed E-state index contributed by atoms with van der Waals surface area (Å²) < 4.78 is 11.9. The first-order chi connectivity index (χ1) is 24.0. The van der Waals surface area contributed by atoms with Crippen molar-refractivity contribution in [1.82, 2.24) is 20.4 Å². The predicted molar refractivity (Wildman–Crippen MR) is 201 cm³/mol. The fourth-order valence-corrected chi connectivity index (χ4v) is 7.43. The largest absolute Gasteiger partial charge is 0.386 e. The number of aliphatic hydroxyl groups is 2. The molecule has 1 aromatic carbocycles. The summed E-state index contributed by atoms with van der Waals surface area (Å²) in [4.78, 5) is 48.5. The second-order valence-electron chi connectivity index (χ2n) is 14.9. The first kappa shape index (κ1) is 44.3. The summed E-state index contributed by atoms with van der Waals surface area (Å²) >= 11 is 0. The fraction of sp³-hybridized carbons (Fsp3) is 0.744. The molecule has 0 radical (unpaired) electrons. The van der Waals surface area contributed by atoms with Crippen LogP contribution < -0.4 is 10.6 Å².